The predicted molar refractivity (Wildman–Crippen MR) is 79.1 cm³/mol. The summed E-state index contributed by atoms with van der Waals surface area (Å²) in [4.78, 5) is 17.2. The lowest BCUT2D eigenvalue weighted by molar-refractivity contribution is -0.120. The first-order valence-electron chi connectivity index (χ1n) is 5.83. The number of nitrogens with one attached hydrogen (secondary N) is 1. The number of carbonyl (C=O) groups is 1. The van der Waals surface area contributed by atoms with Crippen LogP contribution in [0.4, 0.5) is 0 Å². The molecule has 3 nitrogen and oxygen atoms in total. The zero-order chi connectivity index (χ0) is 13.1. The van der Waals surface area contributed by atoms with Crippen LogP contribution in [0.2, 0.25) is 0 Å². The van der Waals surface area contributed by atoms with Gasteiger partial charge in [0.2, 0.25) is 5.91 Å². The number of nitrogens with zero attached hydrogens (tertiary/aromatic N) is 1. The summed E-state index contributed by atoms with van der Waals surface area (Å²) in [6.07, 6.45) is 0. The summed E-state index contributed by atoms with van der Waals surface area (Å²) in [5.74, 6) is 1.74. The molecule has 1 aromatic rings. The monoisotopic (exact) mass is 326 g/mol. The van der Waals surface area contributed by atoms with E-state index in [0.717, 1.165) is 15.2 Å². The smallest absolute Gasteiger partial charge is 0.250 e. The van der Waals surface area contributed by atoms with Crippen molar-refractivity contribution in [2.24, 2.45) is 10.9 Å². The Kier molecular flexibility index (Phi) is 4.45. The molecule has 0 fully saturated rings. The number of hydrogen-bond acceptors (Lipinski definition) is 3. The Labute approximate surface area is 120 Å². The Bertz CT molecular complexity index is 488. The summed E-state index contributed by atoms with van der Waals surface area (Å²) < 4.78 is 1.07. The lowest BCUT2D eigenvalue weighted by Gasteiger charge is -2.06. The van der Waals surface area contributed by atoms with Crippen molar-refractivity contribution >= 4 is 39.4 Å². The van der Waals surface area contributed by atoms with Gasteiger partial charge in [-0.15, -0.1) is 11.8 Å². The van der Waals surface area contributed by atoms with E-state index in [1.807, 2.05) is 38.1 Å². The second kappa shape index (κ2) is 5.89. The highest BCUT2D eigenvalue weighted by atomic mass is 79.9. The molecular formula is C13H15BrN2OS. The fourth-order valence-electron chi connectivity index (χ4n) is 1.71. The van der Waals surface area contributed by atoms with E-state index in [0.29, 0.717) is 5.75 Å². The van der Waals surface area contributed by atoms with Gasteiger partial charge in [-0.3, -0.25) is 9.79 Å². The molecule has 96 valence electrons. The van der Waals surface area contributed by atoms with Crippen LogP contribution in [-0.4, -0.2) is 23.5 Å². The molecule has 18 heavy (non-hydrogen) atoms. The van der Waals surface area contributed by atoms with Gasteiger partial charge in [0.15, 0.2) is 0 Å². The third-order valence-electron chi connectivity index (χ3n) is 2.66. The van der Waals surface area contributed by atoms with Crippen LogP contribution in [0.3, 0.4) is 0 Å². The summed E-state index contributed by atoms with van der Waals surface area (Å²) in [6.45, 7) is 4.02. The molecule has 1 aromatic carbocycles. The lowest BCUT2D eigenvalue weighted by Crippen LogP contribution is -2.31. The van der Waals surface area contributed by atoms with Gasteiger partial charge in [0.25, 0.3) is 0 Å². The van der Waals surface area contributed by atoms with Gasteiger partial charge in [0.1, 0.15) is 11.9 Å². The Morgan fingerprint density at radius 1 is 1.44 bits per heavy atom. The van der Waals surface area contributed by atoms with E-state index in [9.17, 15) is 4.79 Å². The second-order valence-electron chi connectivity index (χ2n) is 4.47. The van der Waals surface area contributed by atoms with Crippen molar-refractivity contribution in [2.45, 2.75) is 24.8 Å². The molecule has 0 aliphatic carbocycles. The molecule has 1 heterocycles. The Balaban J connectivity index is 1.98. The topological polar surface area (TPSA) is 41.5 Å². The van der Waals surface area contributed by atoms with Crippen molar-refractivity contribution < 1.29 is 4.79 Å². The molecule has 5 heteroatoms. The minimum absolute atomic E-state index is 0.0210. The Morgan fingerprint density at radius 2 is 2.17 bits per heavy atom. The Hall–Kier alpha value is -0.810. The second-order valence-corrected chi connectivity index (χ2v) is 6.34. The molecule has 0 aromatic heterocycles. The van der Waals surface area contributed by atoms with Crippen LogP contribution in [0.15, 0.2) is 38.6 Å². The van der Waals surface area contributed by atoms with Crippen LogP contribution in [0, 0.1) is 5.92 Å². The fourth-order valence-corrected chi connectivity index (χ4v) is 3.16. The van der Waals surface area contributed by atoms with Crippen molar-refractivity contribution in [3.05, 3.63) is 28.7 Å². The molecule has 1 amide bonds. The third kappa shape index (κ3) is 3.14. The van der Waals surface area contributed by atoms with Gasteiger partial charge in [-0.25, -0.2) is 0 Å². The van der Waals surface area contributed by atoms with Crippen molar-refractivity contribution in [3.8, 4) is 0 Å². The molecule has 0 spiro atoms. The van der Waals surface area contributed by atoms with Crippen LogP contribution >= 0.6 is 27.7 Å². The van der Waals surface area contributed by atoms with Crippen LogP contribution in [0.25, 0.3) is 0 Å². The average Bonchev–Trinajstić information content (AvgIpc) is 2.70. The van der Waals surface area contributed by atoms with E-state index in [4.69, 9.17) is 0 Å². The van der Waals surface area contributed by atoms with E-state index in [-0.39, 0.29) is 17.9 Å². The maximum absolute atomic E-state index is 11.7. The molecule has 1 aliphatic rings. The van der Waals surface area contributed by atoms with E-state index in [2.05, 4.69) is 26.2 Å². The van der Waals surface area contributed by atoms with Crippen LogP contribution in [0.1, 0.15) is 13.8 Å². The number of halogens is 1. The first kappa shape index (κ1) is 13.6. The maximum atomic E-state index is 11.7. The highest BCUT2D eigenvalue weighted by Gasteiger charge is 2.28. The quantitative estimate of drug-likeness (QED) is 0.864. The molecule has 0 saturated carbocycles. The number of aliphatic imine (C=N–C) groups is 1. The van der Waals surface area contributed by atoms with E-state index >= 15 is 0 Å². The number of amides is 1. The van der Waals surface area contributed by atoms with Gasteiger partial charge in [0.05, 0.1) is 5.75 Å². The van der Waals surface area contributed by atoms with Gasteiger partial charge in [-0.05, 0) is 34.0 Å². The fraction of sp³-hybridized carbons (Fsp3) is 0.385. The average molecular weight is 327 g/mol. The van der Waals surface area contributed by atoms with Crippen LogP contribution in [0.5, 0.6) is 0 Å². The summed E-state index contributed by atoms with van der Waals surface area (Å²) in [5, 5.41) is 2.85. The van der Waals surface area contributed by atoms with Gasteiger partial charge in [0, 0.05) is 9.37 Å². The van der Waals surface area contributed by atoms with Crippen LogP contribution < -0.4 is 5.32 Å². The highest BCUT2D eigenvalue weighted by Crippen LogP contribution is 2.27. The number of rotatable bonds is 4. The van der Waals surface area contributed by atoms with Crippen molar-refractivity contribution in [2.75, 3.05) is 5.75 Å². The molecule has 0 bridgehead atoms. The van der Waals surface area contributed by atoms with Crippen molar-refractivity contribution in [3.63, 3.8) is 0 Å². The molecule has 0 radical (unpaired) electrons. The largest absolute Gasteiger partial charge is 0.312 e. The van der Waals surface area contributed by atoms with Gasteiger partial charge >= 0.3 is 0 Å². The number of amidine groups is 1. The molecule has 1 N–H and O–H groups in total. The van der Waals surface area contributed by atoms with Gasteiger partial charge in [-0.1, -0.05) is 26.0 Å². The van der Waals surface area contributed by atoms with Crippen LogP contribution in [-0.2, 0) is 4.79 Å². The summed E-state index contributed by atoms with van der Waals surface area (Å²) in [5.41, 5.74) is 0. The summed E-state index contributed by atoms with van der Waals surface area (Å²) >= 11 is 5.17. The number of carbonyl (C=O) groups excluding carboxylic acids is 1. The minimum atomic E-state index is -0.222. The Morgan fingerprint density at radius 3 is 2.78 bits per heavy atom. The zero-order valence-electron chi connectivity index (χ0n) is 10.3. The number of thioether (sulfide) groups is 1. The molecule has 0 saturated heterocycles. The standard InChI is InChI=1S/C13H15BrN2OS/c1-8(2)12-13(17)16-11(15-12)7-18-10-6-4-3-5-9(10)14/h3-6,8,12H,7H2,1-2H3,(H,15,16,17). The highest BCUT2D eigenvalue weighted by molar-refractivity contribution is 9.10. The third-order valence-corrected chi connectivity index (χ3v) is 4.70. The molecular weight excluding hydrogens is 312 g/mol. The SMILES string of the molecule is CC(C)C1N=C(CSc2ccccc2Br)NC1=O. The number of benzene rings is 1. The minimum Gasteiger partial charge on any atom is -0.312 e. The molecule has 2 rings (SSSR count). The van der Waals surface area contributed by atoms with Crippen molar-refractivity contribution in [1.29, 1.82) is 0 Å². The lowest BCUT2D eigenvalue weighted by atomic mass is 10.1. The first-order valence-corrected chi connectivity index (χ1v) is 7.60. The zero-order valence-corrected chi connectivity index (χ0v) is 12.7. The first-order chi connectivity index (χ1) is 8.58. The van der Waals surface area contributed by atoms with Gasteiger partial charge < -0.3 is 5.32 Å². The summed E-state index contributed by atoms with van der Waals surface area (Å²) in [7, 11) is 0. The number of hydrogen-bond donors (Lipinski definition) is 1. The van der Waals surface area contributed by atoms with E-state index in [1.54, 1.807) is 11.8 Å². The normalized spacial score (nSPS) is 19.0. The predicted octanol–water partition coefficient (Wildman–Crippen LogP) is 3.09. The molecule has 1 aliphatic heterocycles. The van der Waals surface area contributed by atoms with E-state index in [1.165, 1.54) is 0 Å². The summed E-state index contributed by atoms with van der Waals surface area (Å²) in [6, 6.07) is 7.82. The maximum Gasteiger partial charge on any atom is 0.250 e. The molecule has 1 unspecified atom stereocenters. The van der Waals surface area contributed by atoms with Crippen molar-refractivity contribution in [1.82, 2.24) is 5.32 Å². The van der Waals surface area contributed by atoms with E-state index < -0.39 is 0 Å². The van der Waals surface area contributed by atoms with Gasteiger partial charge in [-0.2, -0.15) is 0 Å². The molecule has 1 atom stereocenters.